The highest BCUT2D eigenvalue weighted by molar-refractivity contribution is 7.12. The van der Waals surface area contributed by atoms with Crippen molar-refractivity contribution >= 4 is 36.2 Å². The first-order valence-electron chi connectivity index (χ1n) is 7.92. The molecule has 3 rings (SSSR count). The second-order valence-electron chi connectivity index (χ2n) is 5.93. The van der Waals surface area contributed by atoms with Gasteiger partial charge < -0.3 is 5.32 Å². The van der Waals surface area contributed by atoms with Crippen LogP contribution in [0.2, 0.25) is 0 Å². The molecule has 0 radical (unpaired) electrons. The van der Waals surface area contributed by atoms with Gasteiger partial charge in [-0.3, -0.25) is 4.90 Å². The predicted octanol–water partition coefficient (Wildman–Crippen LogP) is 4.29. The lowest BCUT2D eigenvalue weighted by molar-refractivity contribution is 0.128. The zero-order valence-electron chi connectivity index (χ0n) is 12.8. The summed E-state index contributed by atoms with van der Waals surface area (Å²) in [5.41, 5.74) is 0. The van der Waals surface area contributed by atoms with Crippen LogP contribution in [0.25, 0.3) is 0 Å². The Hall–Kier alpha value is 0.200. The maximum Gasteiger partial charge on any atom is 0.0470 e. The third-order valence-electron chi connectivity index (χ3n) is 4.71. The fraction of sp³-hybridized carbons (Fsp3) is 0.750. The minimum Gasteiger partial charge on any atom is -0.314 e. The van der Waals surface area contributed by atoms with Gasteiger partial charge in [-0.25, -0.2) is 0 Å². The highest BCUT2D eigenvalue weighted by Crippen LogP contribution is 2.41. The molecule has 1 atom stereocenters. The average Bonchev–Trinajstić information content (AvgIpc) is 3.12. The van der Waals surface area contributed by atoms with E-state index in [1.165, 1.54) is 45.2 Å². The summed E-state index contributed by atoms with van der Waals surface area (Å²) in [7, 11) is 0. The minimum absolute atomic E-state index is 0. The van der Waals surface area contributed by atoms with Gasteiger partial charge in [-0.1, -0.05) is 19.8 Å². The molecule has 2 heterocycles. The van der Waals surface area contributed by atoms with Crippen LogP contribution in [0, 0.1) is 5.92 Å². The number of piperazine rings is 1. The largest absolute Gasteiger partial charge is 0.314 e. The van der Waals surface area contributed by atoms with Crippen LogP contribution in [-0.2, 0) is 6.42 Å². The molecule has 1 aromatic rings. The Labute approximate surface area is 145 Å². The van der Waals surface area contributed by atoms with E-state index in [1.54, 1.807) is 9.75 Å². The molecule has 21 heavy (non-hydrogen) atoms. The van der Waals surface area contributed by atoms with Gasteiger partial charge in [-0.05, 0) is 37.3 Å². The third-order valence-corrected chi connectivity index (χ3v) is 6.01. The molecule has 0 unspecified atom stereocenters. The number of nitrogens with one attached hydrogen (secondary N) is 1. The zero-order chi connectivity index (χ0) is 13.1. The van der Waals surface area contributed by atoms with E-state index in [9.17, 15) is 0 Å². The fourth-order valence-electron chi connectivity index (χ4n) is 3.69. The van der Waals surface area contributed by atoms with E-state index >= 15 is 0 Å². The summed E-state index contributed by atoms with van der Waals surface area (Å²) in [6.07, 6.45) is 6.95. The van der Waals surface area contributed by atoms with Gasteiger partial charge in [0.15, 0.2) is 0 Å². The van der Waals surface area contributed by atoms with E-state index in [4.69, 9.17) is 0 Å². The van der Waals surface area contributed by atoms with E-state index in [0.29, 0.717) is 6.04 Å². The molecule has 0 bridgehead atoms. The number of hydrogen-bond acceptors (Lipinski definition) is 3. The minimum atomic E-state index is 0. The lowest BCUT2D eigenvalue weighted by atomic mass is 9.94. The first-order valence-corrected chi connectivity index (χ1v) is 8.73. The van der Waals surface area contributed by atoms with E-state index < -0.39 is 0 Å². The molecule has 2 aliphatic rings. The second kappa shape index (κ2) is 9.36. The van der Waals surface area contributed by atoms with Crippen molar-refractivity contribution in [3.63, 3.8) is 0 Å². The van der Waals surface area contributed by atoms with Gasteiger partial charge in [0.2, 0.25) is 0 Å². The van der Waals surface area contributed by atoms with E-state index in [2.05, 4.69) is 40.6 Å². The molecule has 1 saturated carbocycles. The molecule has 122 valence electrons. The molecule has 1 aromatic heterocycles. The van der Waals surface area contributed by atoms with Crippen molar-refractivity contribution < 1.29 is 0 Å². The second-order valence-corrected chi connectivity index (χ2v) is 7.13. The van der Waals surface area contributed by atoms with Crippen LogP contribution in [0.1, 0.15) is 48.4 Å². The third kappa shape index (κ3) is 4.59. The zero-order valence-corrected chi connectivity index (χ0v) is 15.3. The van der Waals surface area contributed by atoms with Crippen molar-refractivity contribution in [3.8, 4) is 0 Å². The van der Waals surface area contributed by atoms with Gasteiger partial charge in [-0.2, -0.15) is 0 Å². The van der Waals surface area contributed by atoms with Crippen LogP contribution in [0.15, 0.2) is 12.1 Å². The van der Waals surface area contributed by atoms with Crippen molar-refractivity contribution in [2.24, 2.45) is 5.92 Å². The number of aryl methyl sites for hydroxylation is 1. The Morgan fingerprint density at radius 2 is 1.86 bits per heavy atom. The summed E-state index contributed by atoms with van der Waals surface area (Å²) in [6.45, 7) is 7.04. The molecule has 1 saturated heterocycles. The Morgan fingerprint density at radius 1 is 1.19 bits per heavy atom. The molecule has 1 N–H and O–H groups in total. The van der Waals surface area contributed by atoms with Crippen LogP contribution in [0.4, 0.5) is 0 Å². The molecular weight excluding hydrogens is 323 g/mol. The Balaban J connectivity index is 0.00000110. The Kier molecular flexibility index (Phi) is 8.58. The lowest BCUT2D eigenvalue weighted by Crippen LogP contribution is -2.46. The van der Waals surface area contributed by atoms with Crippen LogP contribution in [0.5, 0.6) is 0 Å². The van der Waals surface area contributed by atoms with Gasteiger partial charge in [0.25, 0.3) is 0 Å². The summed E-state index contributed by atoms with van der Waals surface area (Å²) in [5.74, 6) is 0.904. The number of rotatable bonds is 4. The summed E-state index contributed by atoms with van der Waals surface area (Å²) >= 11 is 2.06. The van der Waals surface area contributed by atoms with Gasteiger partial charge in [0.1, 0.15) is 0 Å². The van der Waals surface area contributed by atoms with Crippen molar-refractivity contribution in [3.05, 3.63) is 21.9 Å². The standard InChI is InChI=1S/C16H26N2S.2ClH/c1-2-14-7-8-15(19-14)16(13-5-3-4-6-13)18-11-9-17-10-12-18;;/h7-8,13,16-17H,2-6,9-12H2,1H3;2*1H/t16-;;/m0../s1. The molecule has 2 nitrogen and oxygen atoms in total. The van der Waals surface area contributed by atoms with Crippen LogP contribution in [-0.4, -0.2) is 31.1 Å². The first kappa shape index (κ1) is 19.2. The highest BCUT2D eigenvalue weighted by Gasteiger charge is 2.32. The molecule has 2 fully saturated rings. The van der Waals surface area contributed by atoms with Gasteiger partial charge in [-0.15, -0.1) is 36.2 Å². The summed E-state index contributed by atoms with van der Waals surface area (Å²) in [6, 6.07) is 5.47. The molecule has 0 aromatic carbocycles. The average molecular weight is 351 g/mol. The summed E-state index contributed by atoms with van der Waals surface area (Å²) < 4.78 is 0. The fourth-order valence-corrected chi connectivity index (χ4v) is 4.87. The quantitative estimate of drug-likeness (QED) is 0.871. The number of nitrogens with zero attached hydrogens (tertiary/aromatic N) is 1. The predicted molar refractivity (Wildman–Crippen MR) is 97.3 cm³/mol. The molecular formula is C16H28Cl2N2S. The van der Waals surface area contributed by atoms with Crippen LogP contribution >= 0.6 is 36.2 Å². The van der Waals surface area contributed by atoms with Crippen LogP contribution < -0.4 is 5.32 Å². The maximum absolute atomic E-state index is 3.49. The van der Waals surface area contributed by atoms with Crippen molar-refractivity contribution in [1.82, 2.24) is 10.2 Å². The SMILES string of the molecule is CCc1ccc([C@H](C2CCCC2)N2CCNCC2)s1.Cl.Cl. The van der Waals surface area contributed by atoms with E-state index in [-0.39, 0.29) is 24.8 Å². The monoisotopic (exact) mass is 350 g/mol. The Morgan fingerprint density at radius 3 is 2.43 bits per heavy atom. The van der Waals surface area contributed by atoms with Gasteiger partial charge in [0.05, 0.1) is 0 Å². The van der Waals surface area contributed by atoms with Crippen LogP contribution in [0.3, 0.4) is 0 Å². The first-order chi connectivity index (χ1) is 9.38. The Bertz CT molecular complexity index is 399. The maximum atomic E-state index is 3.49. The summed E-state index contributed by atoms with van der Waals surface area (Å²) in [4.78, 5) is 5.93. The van der Waals surface area contributed by atoms with Crippen molar-refractivity contribution in [2.45, 2.75) is 45.1 Å². The molecule has 0 spiro atoms. The van der Waals surface area contributed by atoms with E-state index in [0.717, 1.165) is 19.0 Å². The number of hydrogen-bond donors (Lipinski definition) is 1. The molecule has 1 aliphatic heterocycles. The smallest absolute Gasteiger partial charge is 0.0470 e. The number of halogens is 2. The number of thiophene rings is 1. The van der Waals surface area contributed by atoms with E-state index in [1.807, 2.05) is 0 Å². The highest BCUT2D eigenvalue weighted by atomic mass is 35.5. The molecule has 5 heteroatoms. The normalized spacial score (nSPS) is 21.6. The lowest BCUT2D eigenvalue weighted by Gasteiger charge is -2.37. The topological polar surface area (TPSA) is 15.3 Å². The molecule has 0 amide bonds. The summed E-state index contributed by atoms with van der Waals surface area (Å²) in [5, 5.41) is 3.49. The van der Waals surface area contributed by atoms with Gasteiger partial charge >= 0.3 is 0 Å². The van der Waals surface area contributed by atoms with Crippen molar-refractivity contribution in [2.75, 3.05) is 26.2 Å². The van der Waals surface area contributed by atoms with Crippen molar-refractivity contribution in [1.29, 1.82) is 0 Å². The molecule has 1 aliphatic carbocycles. The van der Waals surface area contributed by atoms with Gasteiger partial charge in [0, 0.05) is 42.0 Å².